The van der Waals surface area contributed by atoms with Gasteiger partial charge in [0.25, 0.3) is 5.69 Å². The first kappa shape index (κ1) is 21.4. The third kappa shape index (κ3) is 7.05. The van der Waals surface area contributed by atoms with Crippen LogP contribution in [-0.2, 0) is 14.3 Å². The van der Waals surface area contributed by atoms with E-state index in [1.165, 1.54) is 7.11 Å². The van der Waals surface area contributed by atoms with Crippen molar-refractivity contribution in [2.75, 3.05) is 12.9 Å². The predicted octanol–water partition coefficient (Wildman–Crippen LogP) is 2.83. The molecule has 9 nitrogen and oxygen atoms in total. The van der Waals surface area contributed by atoms with Crippen molar-refractivity contribution in [3.8, 4) is 0 Å². The summed E-state index contributed by atoms with van der Waals surface area (Å²) in [5.41, 5.74) is 0.766. The highest BCUT2D eigenvalue weighted by Crippen LogP contribution is 2.22. The first-order valence-electron chi connectivity index (χ1n) is 7.24. The van der Waals surface area contributed by atoms with Gasteiger partial charge in [-0.05, 0) is 26.8 Å². The molecule has 0 aromatic heterocycles. The topological polar surface area (TPSA) is 120 Å². The zero-order valence-corrected chi connectivity index (χ0v) is 15.4. The molecule has 0 aliphatic carbocycles. The van der Waals surface area contributed by atoms with Crippen molar-refractivity contribution in [3.63, 3.8) is 0 Å². The Morgan fingerprint density at radius 1 is 1.38 bits per heavy atom. The van der Waals surface area contributed by atoms with Crippen LogP contribution in [0.5, 0.6) is 0 Å². The van der Waals surface area contributed by atoms with Crippen LogP contribution < -0.4 is 5.43 Å². The summed E-state index contributed by atoms with van der Waals surface area (Å²) in [4.78, 5) is 33.0. The second-order valence-corrected chi connectivity index (χ2v) is 6.78. The van der Waals surface area contributed by atoms with Crippen LogP contribution in [0.2, 0.25) is 0 Å². The van der Waals surface area contributed by atoms with Gasteiger partial charge in [-0.1, -0.05) is 11.8 Å². The summed E-state index contributed by atoms with van der Waals surface area (Å²) >= 11 is 0.791. The number of esters is 1. The Balaban J connectivity index is 3.08. The van der Waals surface area contributed by atoms with Crippen LogP contribution in [0.3, 0.4) is 0 Å². The minimum Gasteiger partial charge on any atom is -0.468 e. The molecule has 142 valence electrons. The maximum absolute atomic E-state index is 14.2. The van der Waals surface area contributed by atoms with Gasteiger partial charge in [0.05, 0.1) is 23.9 Å². The number of nitro groups is 1. The van der Waals surface area contributed by atoms with E-state index < -0.39 is 34.1 Å². The van der Waals surface area contributed by atoms with Crippen LogP contribution in [0, 0.1) is 15.9 Å². The number of hydrogen-bond acceptors (Lipinski definition) is 8. The highest BCUT2D eigenvalue weighted by Gasteiger charge is 2.19. The number of ether oxygens (including phenoxy) is 2. The fourth-order valence-corrected chi connectivity index (χ4v) is 2.35. The summed E-state index contributed by atoms with van der Waals surface area (Å²) in [5, 5.41) is 14.4. The average Bonchev–Trinajstić information content (AvgIpc) is 2.53. The second-order valence-electron chi connectivity index (χ2n) is 5.82. The molecular formula is C15H18FN3O6S. The Labute approximate surface area is 153 Å². The number of benzene rings is 1. The molecule has 1 aromatic rings. The third-order valence-corrected chi connectivity index (χ3v) is 3.56. The maximum Gasteiger partial charge on any atom is 0.428 e. The van der Waals surface area contributed by atoms with Gasteiger partial charge in [-0.2, -0.15) is 5.10 Å². The molecule has 1 N–H and O–H groups in total. The minimum atomic E-state index is -0.929. The summed E-state index contributed by atoms with van der Waals surface area (Å²) in [6.07, 6.45) is -0.879. The van der Waals surface area contributed by atoms with E-state index in [0.717, 1.165) is 30.0 Å². The van der Waals surface area contributed by atoms with Crippen LogP contribution in [0.1, 0.15) is 26.3 Å². The number of carbonyl (C=O) groups excluding carboxylic acids is 2. The number of amides is 1. The number of nitrogens with zero attached hydrogens (tertiary/aromatic N) is 2. The van der Waals surface area contributed by atoms with Crippen LogP contribution in [-0.4, -0.2) is 40.5 Å². The summed E-state index contributed by atoms with van der Waals surface area (Å²) in [7, 11) is 1.19. The molecule has 0 saturated carbocycles. The first-order valence-corrected chi connectivity index (χ1v) is 8.22. The van der Waals surface area contributed by atoms with Crippen LogP contribution >= 0.6 is 11.8 Å². The first-order chi connectivity index (χ1) is 12.0. The van der Waals surface area contributed by atoms with Gasteiger partial charge in [0.1, 0.15) is 16.5 Å². The van der Waals surface area contributed by atoms with Gasteiger partial charge in [0.15, 0.2) is 0 Å². The molecule has 0 atom stereocenters. The monoisotopic (exact) mass is 387 g/mol. The fraction of sp³-hybridized carbons (Fsp3) is 0.400. The number of carbonyl (C=O) groups is 2. The zero-order valence-electron chi connectivity index (χ0n) is 14.6. The Kier molecular flexibility index (Phi) is 7.50. The van der Waals surface area contributed by atoms with Crippen molar-refractivity contribution >= 4 is 34.6 Å². The molecule has 1 aromatic carbocycles. The van der Waals surface area contributed by atoms with E-state index >= 15 is 0 Å². The highest BCUT2D eigenvalue weighted by atomic mass is 32.2. The summed E-state index contributed by atoms with van der Waals surface area (Å²) in [5.74, 6) is -1.73. The van der Waals surface area contributed by atoms with Crippen LogP contribution in [0.15, 0.2) is 23.3 Å². The molecule has 0 fully saturated rings. The average molecular weight is 387 g/mol. The van der Waals surface area contributed by atoms with E-state index in [-0.39, 0.29) is 16.4 Å². The Morgan fingerprint density at radius 2 is 2.04 bits per heavy atom. The van der Waals surface area contributed by atoms with Crippen molar-refractivity contribution in [1.82, 2.24) is 5.43 Å². The number of rotatable bonds is 5. The number of halogens is 1. The number of nitrogens with one attached hydrogen (secondary N) is 1. The number of hydrogen-bond donors (Lipinski definition) is 1. The van der Waals surface area contributed by atoms with Gasteiger partial charge in [0, 0.05) is 11.6 Å². The lowest BCUT2D eigenvalue weighted by Crippen LogP contribution is -2.30. The highest BCUT2D eigenvalue weighted by molar-refractivity contribution is 8.14. The molecule has 0 unspecified atom stereocenters. The summed E-state index contributed by atoms with van der Waals surface area (Å²) in [6.45, 7) is 4.96. The van der Waals surface area contributed by atoms with Crippen molar-refractivity contribution in [3.05, 3.63) is 39.7 Å². The quantitative estimate of drug-likeness (QED) is 0.271. The molecule has 0 heterocycles. The lowest BCUT2D eigenvalue weighted by Gasteiger charge is -2.18. The molecule has 0 aliphatic rings. The molecular weight excluding hydrogens is 369 g/mol. The Morgan fingerprint density at radius 3 is 2.54 bits per heavy atom. The SMILES string of the molecule is COC(=O)CSC(=NNC(=O)OC(C)(C)C)c1ccc([N+](=O)[O-])cc1F. The molecule has 0 spiro atoms. The predicted molar refractivity (Wildman–Crippen MR) is 93.4 cm³/mol. The smallest absolute Gasteiger partial charge is 0.428 e. The maximum atomic E-state index is 14.2. The van der Waals surface area contributed by atoms with Crippen molar-refractivity contribution in [1.29, 1.82) is 0 Å². The molecule has 0 saturated heterocycles. The molecule has 0 bridgehead atoms. The van der Waals surface area contributed by atoms with Gasteiger partial charge >= 0.3 is 12.1 Å². The molecule has 0 aliphatic heterocycles. The molecule has 26 heavy (non-hydrogen) atoms. The van der Waals surface area contributed by atoms with Crippen molar-refractivity contribution in [2.45, 2.75) is 26.4 Å². The molecule has 11 heteroatoms. The van der Waals surface area contributed by atoms with Crippen molar-refractivity contribution in [2.24, 2.45) is 5.10 Å². The Bertz CT molecular complexity index is 733. The Hall–Kier alpha value is -2.69. The second kappa shape index (κ2) is 9.13. The van der Waals surface area contributed by atoms with E-state index in [0.29, 0.717) is 0 Å². The van der Waals surface area contributed by atoms with Gasteiger partial charge in [0.2, 0.25) is 0 Å². The number of hydrazone groups is 1. The minimum absolute atomic E-state index is 0.0753. The lowest BCUT2D eigenvalue weighted by molar-refractivity contribution is -0.385. The molecule has 1 rings (SSSR count). The standard InChI is InChI=1S/C15H18FN3O6S/c1-15(2,3)25-14(21)18-17-13(26-8-12(20)24-4)10-6-5-9(19(22)23)7-11(10)16/h5-7H,8H2,1-4H3,(H,18,21). The largest absolute Gasteiger partial charge is 0.468 e. The number of non-ortho nitro benzene ring substituents is 1. The fourth-order valence-electron chi connectivity index (χ4n) is 1.54. The number of nitro benzene ring substituents is 1. The van der Waals surface area contributed by atoms with E-state index in [4.69, 9.17) is 4.74 Å². The van der Waals surface area contributed by atoms with Gasteiger partial charge in [-0.25, -0.2) is 14.6 Å². The van der Waals surface area contributed by atoms with Gasteiger partial charge < -0.3 is 9.47 Å². The summed E-state index contributed by atoms with van der Waals surface area (Å²) in [6, 6.07) is 2.94. The van der Waals surface area contributed by atoms with E-state index in [1.807, 2.05) is 0 Å². The van der Waals surface area contributed by atoms with Gasteiger partial charge in [-0.3, -0.25) is 14.9 Å². The number of thioether (sulfide) groups is 1. The van der Waals surface area contributed by atoms with Crippen molar-refractivity contribution < 1.29 is 28.4 Å². The zero-order chi connectivity index (χ0) is 19.9. The molecule has 1 amide bonds. The van der Waals surface area contributed by atoms with E-state index in [2.05, 4.69) is 15.3 Å². The van der Waals surface area contributed by atoms with Crippen LogP contribution in [0.25, 0.3) is 0 Å². The van der Waals surface area contributed by atoms with E-state index in [9.17, 15) is 24.1 Å². The van der Waals surface area contributed by atoms with E-state index in [1.54, 1.807) is 20.8 Å². The lowest BCUT2D eigenvalue weighted by atomic mass is 10.2. The summed E-state index contributed by atoms with van der Waals surface area (Å²) < 4.78 is 23.7. The molecule has 0 radical (unpaired) electrons. The van der Waals surface area contributed by atoms with Crippen LogP contribution in [0.4, 0.5) is 14.9 Å². The number of methoxy groups -OCH3 is 1. The normalized spacial score (nSPS) is 11.7. The third-order valence-electron chi connectivity index (χ3n) is 2.60. The van der Waals surface area contributed by atoms with Gasteiger partial charge in [-0.15, -0.1) is 0 Å².